The van der Waals surface area contributed by atoms with Gasteiger partial charge in [-0.2, -0.15) is 0 Å². The van der Waals surface area contributed by atoms with E-state index in [1.807, 2.05) is 0 Å². The second-order valence-electron chi connectivity index (χ2n) is 5.27. The molecule has 0 aliphatic carbocycles. The molecular weight excluding hydrogens is 342 g/mol. The van der Waals surface area contributed by atoms with Crippen molar-refractivity contribution in [1.82, 2.24) is 10.3 Å². The van der Waals surface area contributed by atoms with Gasteiger partial charge in [0.2, 0.25) is 6.29 Å². The molecule has 0 bridgehead atoms. The topological polar surface area (TPSA) is 111 Å². The van der Waals surface area contributed by atoms with Gasteiger partial charge >= 0.3 is 11.8 Å². The minimum atomic E-state index is -0.884. The molecule has 1 rings (SSSR count). The van der Waals surface area contributed by atoms with Crippen LogP contribution >= 0.6 is 21.6 Å². The van der Waals surface area contributed by atoms with Gasteiger partial charge in [-0.1, -0.05) is 10.8 Å². The van der Waals surface area contributed by atoms with Gasteiger partial charge in [0.1, 0.15) is 11.6 Å². The Hall–Kier alpha value is -1.81. The molecule has 0 aliphatic heterocycles. The van der Waals surface area contributed by atoms with Gasteiger partial charge in [-0.05, 0) is 37.6 Å². The Bertz CT molecular complexity index is 577. The van der Waals surface area contributed by atoms with Crippen LogP contribution in [-0.4, -0.2) is 39.7 Å². The van der Waals surface area contributed by atoms with Crippen LogP contribution < -0.4 is 5.32 Å². The van der Waals surface area contributed by atoms with Gasteiger partial charge in [-0.15, -0.1) is 0 Å². The second kappa shape index (κ2) is 8.73. The average molecular weight is 358 g/mol. The van der Waals surface area contributed by atoms with Crippen LogP contribution in [0.1, 0.15) is 20.8 Å². The van der Waals surface area contributed by atoms with Crippen LogP contribution in [0.15, 0.2) is 23.4 Å². The molecule has 8 nitrogen and oxygen atoms in total. The van der Waals surface area contributed by atoms with Crippen molar-refractivity contribution in [2.45, 2.75) is 37.4 Å². The molecule has 125 valence electrons. The maximum absolute atomic E-state index is 11.6. The number of nitrogens with one attached hydrogen (secondary N) is 1. The van der Waals surface area contributed by atoms with E-state index in [2.05, 4.69) is 10.3 Å². The molecule has 0 unspecified atom stereocenters. The van der Waals surface area contributed by atoms with Crippen LogP contribution in [-0.2, 0) is 9.53 Å². The van der Waals surface area contributed by atoms with Crippen LogP contribution in [0.25, 0.3) is 0 Å². The van der Waals surface area contributed by atoms with Gasteiger partial charge in [0.25, 0.3) is 0 Å². The number of hydrogen-bond acceptors (Lipinski definition) is 8. The van der Waals surface area contributed by atoms with E-state index < -0.39 is 22.7 Å². The number of aromatic nitrogens is 1. The maximum atomic E-state index is 11.6. The van der Waals surface area contributed by atoms with Crippen molar-refractivity contribution in [3.05, 3.63) is 28.4 Å². The van der Waals surface area contributed by atoms with Crippen molar-refractivity contribution >= 4 is 39.7 Å². The minimum Gasteiger partial charge on any atom is -0.444 e. The van der Waals surface area contributed by atoms with Gasteiger partial charge in [0.05, 0.1) is 4.92 Å². The first-order chi connectivity index (χ1) is 10.7. The zero-order valence-corrected chi connectivity index (χ0v) is 14.4. The quantitative estimate of drug-likeness (QED) is 0.450. The van der Waals surface area contributed by atoms with Gasteiger partial charge < -0.3 is 10.1 Å². The number of carbonyl (C=O) groups excluding carboxylic acids is 2. The summed E-state index contributed by atoms with van der Waals surface area (Å²) in [6, 6.07) is 1.93. The predicted molar refractivity (Wildman–Crippen MR) is 88.1 cm³/mol. The number of carbonyl (C=O) groups is 1. The van der Waals surface area contributed by atoms with E-state index in [0.29, 0.717) is 0 Å². The zero-order chi connectivity index (χ0) is 17.5. The number of hydrogen-bond donors (Lipinski definition) is 1. The third-order valence-electron chi connectivity index (χ3n) is 2.15. The highest BCUT2D eigenvalue weighted by atomic mass is 33.1. The van der Waals surface area contributed by atoms with Crippen molar-refractivity contribution in [3.63, 3.8) is 0 Å². The summed E-state index contributed by atoms with van der Waals surface area (Å²) >= 11 is 0. The number of amides is 1. The fourth-order valence-electron chi connectivity index (χ4n) is 1.30. The van der Waals surface area contributed by atoms with E-state index in [1.165, 1.54) is 18.3 Å². The molecule has 0 saturated heterocycles. The fourth-order valence-corrected chi connectivity index (χ4v) is 3.43. The molecule has 10 heteroatoms. The second-order valence-corrected chi connectivity index (χ2v) is 7.60. The summed E-state index contributed by atoms with van der Waals surface area (Å²) < 4.78 is 5.04. The highest BCUT2D eigenvalue weighted by molar-refractivity contribution is 8.76. The summed E-state index contributed by atoms with van der Waals surface area (Å²) in [6.45, 7) is 5.12. The third-order valence-corrected chi connectivity index (χ3v) is 4.45. The molecule has 23 heavy (non-hydrogen) atoms. The average Bonchev–Trinajstić information content (AvgIpc) is 2.44. The van der Waals surface area contributed by atoms with Gasteiger partial charge in [0.15, 0.2) is 5.03 Å². The van der Waals surface area contributed by atoms with Gasteiger partial charge in [-0.3, -0.25) is 14.9 Å². The van der Waals surface area contributed by atoms with E-state index in [0.717, 1.165) is 21.6 Å². The number of rotatable bonds is 7. The lowest BCUT2D eigenvalue weighted by atomic mass is 10.2. The molecule has 0 aromatic carbocycles. The monoisotopic (exact) mass is 358 g/mol. The Morgan fingerprint density at radius 1 is 1.57 bits per heavy atom. The normalized spacial score (nSPS) is 12.3. The number of nitro groups is 1. The summed E-state index contributed by atoms with van der Waals surface area (Å²) in [5, 5.41) is 13.5. The lowest BCUT2D eigenvalue weighted by Gasteiger charge is -2.21. The lowest BCUT2D eigenvalue weighted by Crippen LogP contribution is -2.41. The molecule has 1 amide bonds. The Morgan fingerprint density at radius 3 is 2.83 bits per heavy atom. The standard InChI is InChI=1S/C13H16N3O5S2/c1-13(2,3)21-12(18)15-9(7-17)8-22-23-11-10(16(19)20)5-4-6-14-11/h4-6,9H,8H2,1-3H3,(H,15,18)/t9-/m1/s1. The van der Waals surface area contributed by atoms with Crippen molar-refractivity contribution < 1.29 is 19.2 Å². The molecule has 0 aliphatic rings. The Balaban J connectivity index is 2.51. The summed E-state index contributed by atoms with van der Waals surface area (Å²) in [5.74, 6) is 0.168. The largest absolute Gasteiger partial charge is 0.444 e. The molecule has 1 N–H and O–H groups in total. The van der Waals surface area contributed by atoms with Crippen LogP contribution in [0.5, 0.6) is 0 Å². The van der Waals surface area contributed by atoms with E-state index in [1.54, 1.807) is 27.1 Å². The van der Waals surface area contributed by atoms with Crippen LogP contribution in [0.3, 0.4) is 0 Å². The lowest BCUT2D eigenvalue weighted by molar-refractivity contribution is -0.388. The molecular formula is C13H16N3O5S2. The summed E-state index contributed by atoms with van der Waals surface area (Å²) in [6.07, 6.45) is 2.41. The van der Waals surface area contributed by atoms with E-state index in [9.17, 15) is 19.7 Å². The van der Waals surface area contributed by atoms with Crippen molar-refractivity contribution in [3.8, 4) is 0 Å². The van der Waals surface area contributed by atoms with Crippen molar-refractivity contribution in [2.24, 2.45) is 0 Å². The molecule has 1 aromatic rings. The minimum absolute atomic E-state index is 0.114. The fraction of sp³-hybridized carbons (Fsp3) is 0.462. The first kappa shape index (κ1) is 19.2. The highest BCUT2D eigenvalue weighted by Gasteiger charge is 2.21. The summed E-state index contributed by atoms with van der Waals surface area (Å²) in [4.78, 5) is 36.7. The SMILES string of the molecule is CC(C)(C)OC(=O)N[C@H]([C]=O)CSSc1ncccc1[N+](=O)[O-]. The van der Waals surface area contributed by atoms with E-state index in [4.69, 9.17) is 4.74 Å². The first-order valence-corrected chi connectivity index (χ1v) is 8.81. The summed E-state index contributed by atoms with van der Waals surface area (Å²) in [7, 11) is 2.20. The van der Waals surface area contributed by atoms with Crippen LogP contribution in [0.4, 0.5) is 10.5 Å². The number of alkyl carbamates (subject to hydrolysis) is 1. The third kappa shape index (κ3) is 7.33. The first-order valence-electron chi connectivity index (χ1n) is 6.49. The zero-order valence-electron chi connectivity index (χ0n) is 12.8. The van der Waals surface area contributed by atoms with E-state index in [-0.39, 0.29) is 16.5 Å². The molecule has 0 saturated carbocycles. The molecule has 1 heterocycles. The van der Waals surface area contributed by atoms with Gasteiger partial charge in [-0.25, -0.2) is 9.78 Å². The Kier molecular flexibility index (Phi) is 7.30. The predicted octanol–water partition coefficient (Wildman–Crippen LogP) is 2.73. The molecule has 0 fully saturated rings. The van der Waals surface area contributed by atoms with Crippen molar-refractivity contribution in [2.75, 3.05) is 5.75 Å². The van der Waals surface area contributed by atoms with E-state index >= 15 is 0 Å². The molecule has 0 spiro atoms. The van der Waals surface area contributed by atoms with Crippen LogP contribution in [0, 0.1) is 10.1 Å². The molecule has 1 atom stereocenters. The number of nitrogens with zero attached hydrogens (tertiary/aromatic N) is 2. The van der Waals surface area contributed by atoms with Crippen molar-refractivity contribution in [1.29, 1.82) is 0 Å². The van der Waals surface area contributed by atoms with Crippen LogP contribution in [0.2, 0.25) is 0 Å². The maximum Gasteiger partial charge on any atom is 0.408 e. The Labute approximate surface area is 141 Å². The Morgan fingerprint density at radius 2 is 2.26 bits per heavy atom. The molecule has 1 radical (unpaired) electrons. The summed E-state index contributed by atoms with van der Waals surface area (Å²) in [5.41, 5.74) is -0.787. The van der Waals surface area contributed by atoms with Gasteiger partial charge in [0, 0.05) is 18.0 Å². The number of ether oxygens (including phenoxy) is 1. The molecule has 1 aromatic heterocycles. The smallest absolute Gasteiger partial charge is 0.408 e. The highest BCUT2D eigenvalue weighted by Crippen LogP contribution is 2.35. The number of pyridine rings is 1.